The minimum atomic E-state index is -1.00. The van der Waals surface area contributed by atoms with E-state index in [-0.39, 0.29) is 16.7 Å². The van der Waals surface area contributed by atoms with E-state index in [0.717, 1.165) is 21.6 Å². The Morgan fingerprint density at radius 3 is 2.44 bits per heavy atom. The number of carboxylic acid groups (broad SMARTS) is 1. The molecule has 0 radical (unpaired) electrons. The van der Waals surface area contributed by atoms with Crippen LogP contribution in [0.3, 0.4) is 0 Å². The van der Waals surface area contributed by atoms with Crippen LogP contribution in [0.2, 0.25) is 5.02 Å². The number of anilines is 1. The zero-order valence-electron chi connectivity index (χ0n) is 14.5. The number of carbonyl (C=O) groups excluding carboxylic acids is 1. The molecule has 4 rings (SSSR count). The number of rotatable bonds is 3. The summed E-state index contributed by atoms with van der Waals surface area (Å²) in [7, 11) is 0. The quantitative estimate of drug-likeness (QED) is 0.608. The molecule has 0 saturated carbocycles. The van der Waals surface area contributed by atoms with Gasteiger partial charge in [0.15, 0.2) is 0 Å². The SMILES string of the molecule is Cc1ccc(C2CC(=O)Nc3c2sc(C(=O)O)c3-c2ccc(Cl)cc2)cc1. The number of hydrogen-bond donors (Lipinski definition) is 2. The lowest BCUT2D eigenvalue weighted by atomic mass is 9.88. The maximum absolute atomic E-state index is 12.4. The molecule has 0 saturated heterocycles. The highest BCUT2D eigenvalue weighted by atomic mass is 35.5. The van der Waals surface area contributed by atoms with Crippen LogP contribution in [-0.2, 0) is 4.79 Å². The Balaban J connectivity index is 1.92. The molecule has 0 spiro atoms. The zero-order chi connectivity index (χ0) is 19.1. The lowest BCUT2D eigenvalue weighted by Gasteiger charge is -2.24. The molecule has 1 aliphatic heterocycles. The van der Waals surface area contributed by atoms with Gasteiger partial charge in [0, 0.05) is 27.8 Å². The number of benzene rings is 2. The van der Waals surface area contributed by atoms with Crippen molar-refractivity contribution in [3.63, 3.8) is 0 Å². The van der Waals surface area contributed by atoms with Gasteiger partial charge >= 0.3 is 5.97 Å². The summed E-state index contributed by atoms with van der Waals surface area (Å²) in [6, 6.07) is 15.0. The fourth-order valence-corrected chi connectivity index (χ4v) is 4.77. The van der Waals surface area contributed by atoms with Gasteiger partial charge in [-0.3, -0.25) is 4.79 Å². The van der Waals surface area contributed by atoms with E-state index in [9.17, 15) is 14.7 Å². The van der Waals surface area contributed by atoms with Gasteiger partial charge in [0.1, 0.15) is 4.88 Å². The smallest absolute Gasteiger partial charge is 0.346 e. The molecule has 1 amide bonds. The number of carbonyl (C=O) groups is 2. The maximum Gasteiger partial charge on any atom is 0.346 e. The van der Waals surface area contributed by atoms with E-state index < -0.39 is 5.97 Å². The topological polar surface area (TPSA) is 66.4 Å². The molecule has 0 aliphatic carbocycles. The number of thiophene rings is 1. The van der Waals surface area contributed by atoms with Crippen molar-refractivity contribution in [1.82, 2.24) is 0 Å². The number of hydrogen-bond acceptors (Lipinski definition) is 3. The van der Waals surface area contributed by atoms with Gasteiger partial charge in [-0.25, -0.2) is 4.79 Å². The molecule has 4 nitrogen and oxygen atoms in total. The zero-order valence-corrected chi connectivity index (χ0v) is 16.0. The molecule has 136 valence electrons. The second-order valence-corrected chi connectivity index (χ2v) is 8.06. The lowest BCUT2D eigenvalue weighted by Crippen LogP contribution is -2.22. The Hall–Kier alpha value is -2.63. The Morgan fingerprint density at radius 2 is 1.81 bits per heavy atom. The van der Waals surface area contributed by atoms with Crippen LogP contribution in [0.5, 0.6) is 0 Å². The van der Waals surface area contributed by atoms with E-state index in [1.165, 1.54) is 11.3 Å². The van der Waals surface area contributed by atoms with Gasteiger partial charge in [-0.2, -0.15) is 0 Å². The summed E-state index contributed by atoms with van der Waals surface area (Å²) in [4.78, 5) is 25.4. The largest absolute Gasteiger partial charge is 0.477 e. The van der Waals surface area contributed by atoms with E-state index in [1.54, 1.807) is 24.3 Å². The third-order valence-corrected chi connectivity index (χ3v) is 6.26. The summed E-state index contributed by atoms with van der Waals surface area (Å²) in [6.45, 7) is 2.01. The van der Waals surface area contributed by atoms with Crippen molar-refractivity contribution in [2.24, 2.45) is 0 Å². The molecule has 1 aromatic heterocycles. The molecule has 3 aromatic rings. The number of carboxylic acids is 1. The van der Waals surface area contributed by atoms with Crippen LogP contribution in [0.1, 0.15) is 38.0 Å². The van der Waals surface area contributed by atoms with Crippen molar-refractivity contribution in [2.75, 3.05) is 5.32 Å². The van der Waals surface area contributed by atoms with E-state index in [2.05, 4.69) is 5.32 Å². The van der Waals surface area contributed by atoms with E-state index in [4.69, 9.17) is 11.6 Å². The molecule has 2 aromatic carbocycles. The van der Waals surface area contributed by atoms with Crippen LogP contribution in [0.15, 0.2) is 48.5 Å². The number of nitrogens with one attached hydrogen (secondary N) is 1. The average Bonchev–Trinajstić information content (AvgIpc) is 3.02. The molecule has 0 bridgehead atoms. The predicted molar refractivity (Wildman–Crippen MR) is 108 cm³/mol. The second-order valence-electron chi connectivity index (χ2n) is 6.57. The summed E-state index contributed by atoms with van der Waals surface area (Å²) in [5, 5.41) is 13.2. The van der Waals surface area contributed by atoms with Gasteiger partial charge in [-0.15, -0.1) is 11.3 Å². The third kappa shape index (κ3) is 3.24. The Bertz CT molecular complexity index is 1040. The summed E-state index contributed by atoms with van der Waals surface area (Å²) in [6.07, 6.45) is 0.301. The van der Waals surface area contributed by atoms with Crippen molar-refractivity contribution >= 4 is 40.5 Å². The van der Waals surface area contributed by atoms with Crippen molar-refractivity contribution < 1.29 is 14.7 Å². The summed E-state index contributed by atoms with van der Waals surface area (Å²) < 4.78 is 0. The van der Waals surface area contributed by atoms with Gasteiger partial charge < -0.3 is 10.4 Å². The van der Waals surface area contributed by atoms with Crippen molar-refractivity contribution in [1.29, 1.82) is 0 Å². The molecule has 1 atom stereocenters. The number of fused-ring (bicyclic) bond motifs is 1. The summed E-state index contributed by atoms with van der Waals surface area (Å²) in [5.74, 6) is -1.27. The first kappa shape index (κ1) is 17.8. The van der Waals surface area contributed by atoms with Gasteiger partial charge in [0.05, 0.1) is 5.69 Å². The van der Waals surface area contributed by atoms with Crippen LogP contribution in [0.4, 0.5) is 5.69 Å². The molecular formula is C21H16ClNO3S. The van der Waals surface area contributed by atoms with Crippen LogP contribution < -0.4 is 5.32 Å². The van der Waals surface area contributed by atoms with Crippen LogP contribution in [0.25, 0.3) is 11.1 Å². The molecule has 6 heteroatoms. The number of halogens is 1. The predicted octanol–water partition coefficient (Wildman–Crippen LogP) is 5.55. The molecule has 2 N–H and O–H groups in total. The highest BCUT2D eigenvalue weighted by Crippen LogP contribution is 2.49. The minimum Gasteiger partial charge on any atom is -0.477 e. The molecular weight excluding hydrogens is 382 g/mol. The molecule has 1 unspecified atom stereocenters. The van der Waals surface area contributed by atoms with Crippen LogP contribution >= 0.6 is 22.9 Å². The maximum atomic E-state index is 12.4. The van der Waals surface area contributed by atoms with Gasteiger partial charge in [0.2, 0.25) is 5.91 Å². The molecule has 2 heterocycles. The van der Waals surface area contributed by atoms with E-state index in [1.807, 2.05) is 31.2 Å². The monoisotopic (exact) mass is 397 g/mol. The van der Waals surface area contributed by atoms with Crippen LogP contribution in [0, 0.1) is 6.92 Å². The Morgan fingerprint density at radius 1 is 1.15 bits per heavy atom. The number of amides is 1. The highest BCUT2D eigenvalue weighted by Gasteiger charge is 2.34. The Labute approximate surface area is 165 Å². The number of aromatic carboxylic acids is 1. The second kappa shape index (κ2) is 6.83. The van der Waals surface area contributed by atoms with Gasteiger partial charge in [-0.1, -0.05) is 53.6 Å². The molecule has 1 aliphatic rings. The van der Waals surface area contributed by atoms with E-state index in [0.29, 0.717) is 22.7 Å². The number of aryl methyl sites for hydroxylation is 1. The molecule has 0 fully saturated rings. The van der Waals surface area contributed by atoms with Gasteiger partial charge in [-0.05, 0) is 30.2 Å². The summed E-state index contributed by atoms with van der Waals surface area (Å²) >= 11 is 7.21. The van der Waals surface area contributed by atoms with Gasteiger partial charge in [0.25, 0.3) is 0 Å². The fraction of sp³-hybridized carbons (Fsp3) is 0.143. The Kier molecular flexibility index (Phi) is 4.50. The summed E-state index contributed by atoms with van der Waals surface area (Å²) in [5.41, 5.74) is 4.01. The van der Waals surface area contributed by atoms with Crippen molar-refractivity contribution in [3.05, 3.63) is 74.4 Å². The van der Waals surface area contributed by atoms with E-state index >= 15 is 0 Å². The van der Waals surface area contributed by atoms with Crippen molar-refractivity contribution in [2.45, 2.75) is 19.3 Å². The van der Waals surface area contributed by atoms with Crippen LogP contribution in [-0.4, -0.2) is 17.0 Å². The fourth-order valence-electron chi connectivity index (χ4n) is 3.40. The standard InChI is InChI=1S/C21H16ClNO3S/c1-11-2-4-12(5-3-11)15-10-16(24)23-18-17(13-6-8-14(22)9-7-13)20(21(25)26)27-19(15)18/h2-9,15H,10H2,1H3,(H,23,24)(H,25,26). The molecule has 27 heavy (non-hydrogen) atoms. The van der Waals surface area contributed by atoms with Crippen molar-refractivity contribution in [3.8, 4) is 11.1 Å². The normalized spacial score (nSPS) is 15.9. The highest BCUT2D eigenvalue weighted by molar-refractivity contribution is 7.15. The average molecular weight is 398 g/mol. The first-order chi connectivity index (χ1) is 12.9. The first-order valence-corrected chi connectivity index (χ1v) is 9.66. The lowest BCUT2D eigenvalue weighted by molar-refractivity contribution is -0.116. The minimum absolute atomic E-state index is 0.113. The first-order valence-electron chi connectivity index (χ1n) is 8.46. The third-order valence-electron chi connectivity index (χ3n) is 4.71.